The number of rotatable bonds is 7. The third kappa shape index (κ3) is 4.32. The quantitative estimate of drug-likeness (QED) is 0.678. The van der Waals surface area contributed by atoms with Crippen molar-refractivity contribution >= 4 is 22.2 Å². The van der Waals surface area contributed by atoms with Crippen molar-refractivity contribution < 1.29 is 9.53 Å². The van der Waals surface area contributed by atoms with Crippen molar-refractivity contribution in [1.29, 1.82) is 0 Å². The molecule has 1 amide bonds. The lowest BCUT2D eigenvalue weighted by Gasteiger charge is -2.07. The largest absolute Gasteiger partial charge is 0.494 e. The van der Waals surface area contributed by atoms with Gasteiger partial charge in [-0.05, 0) is 31.0 Å². The highest BCUT2D eigenvalue weighted by atomic mass is 32.1. The summed E-state index contributed by atoms with van der Waals surface area (Å²) in [5.41, 5.74) is 1.97. The summed E-state index contributed by atoms with van der Waals surface area (Å²) in [6.45, 7) is 3.23. The van der Waals surface area contributed by atoms with E-state index in [4.69, 9.17) is 4.74 Å². The van der Waals surface area contributed by atoms with Crippen molar-refractivity contribution in [3.8, 4) is 5.75 Å². The summed E-state index contributed by atoms with van der Waals surface area (Å²) in [5.74, 6) is 0.862. The summed E-state index contributed by atoms with van der Waals surface area (Å²) in [6.07, 6.45) is 4.92. The van der Waals surface area contributed by atoms with E-state index in [1.807, 2.05) is 53.4 Å². The zero-order chi connectivity index (χ0) is 16.1. The maximum absolute atomic E-state index is 11.9. The van der Waals surface area contributed by atoms with Gasteiger partial charge in [0.2, 0.25) is 5.91 Å². The van der Waals surface area contributed by atoms with Crippen molar-refractivity contribution in [3.05, 3.63) is 53.3 Å². The van der Waals surface area contributed by atoms with Crippen LogP contribution in [0.5, 0.6) is 5.75 Å². The first kappa shape index (κ1) is 15.6. The van der Waals surface area contributed by atoms with E-state index in [1.165, 1.54) is 5.56 Å². The van der Waals surface area contributed by atoms with E-state index in [0.717, 1.165) is 22.8 Å². The standard InChI is InChI=1S/C17H19N3O2S/c1-13-4-2-5-15(10-13)22-8-3-6-18-16(21)11-14-12-20-7-9-23-17(20)19-14/h2,4-5,7,9-10,12H,3,6,8,11H2,1H3,(H,18,21). The van der Waals surface area contributed by atoms with Gasteiger partial charge in [0.1, 0.15) is 5.75 Å². The molecule has 0 unspecified atom stereocenters. The van der Waals surface area contributed by atoms with Gasteiger partial charge in [-0.15, -0.1) is 11.3 Å². The highest BCUT2D eigenvalue weighted by molar-refractivity contribution is 7.15. The van der Waals surface area contributed by atoms with Crippen LogP contribution in [0.2, 0.25) is 0 Å². The van der Waals surface area contributed by atoms with Gasteiger partial charge in [-0.3, -0.25) is 9.20 Å². The molecule has 0 atom stereocenters. The lowest BCUT2D eigenvalue weighted by Crippen LogP contribution is -2.27. The van der Waals surface area contributed by atoms with Crippen LogP contribution in [-0.2, 0) is 11.2 Å². The first-order chi connectivity index (χ1) is 11.2. The number of imidazole rings is 1. The molecular weight excluding hydrogens is 310 g/mol. The number of ether oxygens (including phenoxy) is 1. The molecule has 1 N–H and O–H groups in total. The number of hydrogen-bond donors (Lipinski definition) is 1. The maximum atomic E-state index is 11.9. The number of thiazole rings is 1. The monoisotopic (exact) mass is 329 g/mol. The number of fused-ring (bicyclic) bond motifs is 1. The third-order valence-corrected chi connectivity index (χ3v) is 4.16. The normalized spacial score (nSPS) is 10.8. The molecule has 2 heterocycles. The highest BCUT2D eigenvalue weighted by Gasteiger charge is 2.07. The maximum Gasteiger partial charge on any atom is 0.226 e. The number of aryl methyl sites for hydroxylation is 1. The minimum absolute atomic E-state index is 0.00805. The Hall–Kier alpha value is -2.34. The van der Waals surface area contributed by atoms with Gasteiger partial charge in [0.15, 0.2) is 4.96 Å². The van der Waals surface area contributed by atoms with Crippen LogP contribution in [0, 0.1) is 6.92 Å². The first-order valence-corrected chi connectivity index (χ1v) is 8.46. The summed E-state index contributed by atoms with van der Waals surface area (Å²) in [5, 5.41) is 4.87. The number of nitrogens with zero attached hydrogens (tertiary/aromatic N) is 2. The van der Waals surface area contributed by atoms with E-state index in [1.54, 1.807) is 11.3 Å². The predicted molar refractivity (Wildman–Crippen MR) is 91.1 cm³/mol. The molecular formula is C17H19N3O2S. The Kier molecular flexibility index (Phi) is 4.92. The molecule has 0 radical (unpaired) electrons. The Balaban J connectivity index is 1.35. The number of benzene rings is 1. The van der Waals surface area contributed by atoms with Crippen molar-refractivity contribution in [2.24, 2.45) is 0 Å². The van der Waals surface area contributed by atoms with Crippen molar-refractivity contribution in [1.82, 2.24) is 14.7 Å². The number of carbonyl (C=O) groups is 1. The van der Waals surface area contributed by atoms with Gasteiger partial charge in [-0.2, -0.15) is 0 Å². The second-order valence-corrected chi connectivity index (χ2v) is 6.24. The zero-order valence-corrected chi connectivity index (χ0v) is 13.8. The second kappa shape index (κ2) is 7.28. The van der Waals surface area contributed by atoms with Crippen LogP contribution in [0.4, 0.5) is 0 Å². The van der Waals surface area contributed by atoms with E-state index >= 15 is 0 Å². The van der Waals surface area contributed by atoms with Gasteiger partial charge in [0.25, 0.3) is 0 Å². The molecule has 0 bridgehead atoms. The predicted octanol–water partition coefficient (Wildman–Crippen LogP) is 2.83. The summed E-state index contributed by atoms with van der Waals surface area (Å²) in [7, 11) is 0. The summed E-state index contributed by atoms with van der Waals surface area (Å²) in [6, 6.07) is 7.95. The molecule has 6 heteroatoms. The molecule has 3 rings (SSSR count). The SMILES string of the molecule is Cc1cccc(OCCCNC(=O)Cc2cn3ccsc3n2)c1. The molecule has 0 aliphatic heterocycles. The van der Waals surface area contributed by atoms with Crippen LogP contribution in [-0.4, -0.2) is 28.4 Å². The van der Waals surface area contributed by atoms with Crippen LogP contribution in [0.3, 0.4) is 0 Å². The van der Waals surface area contributed by atoms with Gasteiger partial charge in [0.05, 0.1) is 18.7 Å². The van der Waals surface area contributed by atoms with Crippen molar-refractivity contribution in [2.75, 3.05) is 13.2 Å². The second-order valence-electron chi connectivity index (χ2n) is 5.37. The summed E-state index contributed by atoms with van der Waals surface area (Å²) < 4.78 is 7.58. The van der Waals surface area contributed by atoms with Gasteiger partial charge in [-0.1, -0.05) is 12.1 Å². The van der Waals surface area contributed by atoms with Crippen molar-refractivity contribution in [3.63, 3.8) is 0 Å². The van der Waals surface area contributed by atoms with E-state index in [0.29, 0.717) is 19.6 Å². The minimum Gasteiger partial charge on any atom is -0.494 e. The molecule has 3 aromatic rings. The topological polar surface area (TPSA) is 55.6 Å². The Labute approximate surface area is 138 Å². The molecule has 120 valence electrons. The van der Waals surface area contributed by atoms with Gasteiger partial charge in [0, 0.05) is 24.3 Å². The Morgan fingerprint density at radius 2 is 2.35 bits per heavy atom. The molecule has 0 saturated carbocycles. The van der Waals surface area contributed by atoms with Crippen LogP contribution < -0.4 is 10.1 Å². The number of hydrogen-bond acceptors (Lipinski definition) is 4. The fourth-order valence-electron chi connectivity index (χ4n) is 2.28. The molecule has 5 nitrogen and oxygen atoms in total. The molecule has 23 heavy (non-hydrogen) atoms. The van der Waals surface area contributed by atoms with E-state index < -0.39 is 0 Å². The third-order valence-electron chi connectivity index (χ3n) is 3.39. The first-order valence-electron chi connectivity index (χ1n) is 7.58. The number of nitrogens with one attached hydrogen (secondary N) is 1. The minimum atomic E-state index is -0.00805. The molecule has 1 aromatic carbocycles. The van der Waals surface area contributed by atoms with Gasteiger partial charge >= 0.3 is 0 Å². The molecule has 2 aromatic heterocycles. The number of aromatic nitrogens is 2. The van der Waals surface area contributed by atoms with Crippen LogP contribution >= 0.6 is 11.3 Å². The van der Waals surface area contributed by atoms with Crippen LogP contribution in [0.15, 0.2) is 42.0 Å². The summed E-state index contributed by atoms with van der Waals surface area (Å²) in [4.78, 5) is 17.2. The number of carbonyl (C=O) groups excluding carboxylic acids is 1. The van der Waals surface area contributed by atoms with Crippen LogP contribution in [0.25, 0.3) is 4.96 Å². The lowest BCUT2D eigenvalue weighted by molar-refractivity contribution is -0.120. The number of amides is 1. The summed E-state index contributed by atoms with van der Waals surface area (Å²) >= 11 is 1.56. The van der Waals surface area contributed by atoms with E-state index in [-0.39, 0.29) is 5.91 Å². The van der Waals surface area contributed by atoms with E-state index in [9.17, 15) is 4.79 Å². The Morgan fingerprint density at radius 3 is 3.17 bits per heavy atom. The van der Waals surface area contributed by atoms with Crippen LogP contribution in [0.1, 0.15) is 17.7 Å². The Bertz CT molecular complexity index is 765. The molecule has 0 aliphatic rings. The average Bonchev–Trinajstić information content (AvgIpc) is 3.08. The molecule has 0 fully saturated rings. The zero-order valence-electron chi connectivity index (χ0n) is 13.0. The molecule has 0 spiro atoms. The Morgan fingerprint density at radius 1 is 1.43 bits per heavy atom. The fourth-order valence-corrected chi connectivity index (χ4v) is 3.00. The molecule has 0 aliphatic carbocycles. The smallest absolute Gasteiger partial charge is 0.226 e. The average molecular weight is 329 g/mol. The lowest BCUT2D eigenvalue weighted by atomic mass is 10.2. The van der Waals surface area contributed by atoms with E-state index in [2.05, 4.69) is 10.3 Å². The highest BCUT2D eigenvalue weighted by Crippen LogP contribution is 2.13. The fraction of sp³-hybridized carbons (Fsp3) is 0.294. The molecule has 0 saturated heterocycles. The van der Waals surface area contributed by atoms with Crippen molar-refractivity contribution in [2.45, 2.75) is 19.8 Å². The van der Waals surface area contributed by atoms with Gasteiger partial charge < -0.3 is 10.1 Å². The van der Waals surface area contributed by atoms with Gasteiger partial charge in [-0.25, -0.2) is 4.98 Å².